The minimum absolute atomic E-state index is 0.189. The third-order valence-corrected chi connectivity index (χ3v) is 3.04. The van der Waals surface area contributed by atoms with Gasteiger partial charge in [0.05, 0.1) is 25.2 Å². The lowest BCUT2D eigenvalue weighted by atomic mass is 10.1. The lowest BCUT2D eigenvalue weighted by molar-refractivity contribution is -0.139. The predicted molar refractivity (Wildman–Crippen MR) is 81.3 cm³/mol. The number of hydrogen-bond acceptors (Lipinski definition) is 4. The van der Waals surface area contributed by atoms with Crippen molar-refractivity contribution in [1.29, 1.82) is 5.26 Å². The van der Waals surface area contributed by atoms with E-state index in [9.17, 15) is 9.59 Å². The molecule has 0 spiro atoms. The standard InChI is InChI=1S/C17H14N2O3/c1-22-16(20)10-12-5-7-15(8-6-12)19-17(21)14-4-2-3-13(9-14)11-18/h2-9H,10H2,1H3,(H,19,21). The summed E-state index contributed by atoms with van der Waals surface area (Å²) in [4.78, 5) is 23.3. The Morgan fingerprint density at radius 1 is 1.18 bits per heavy atom. The van der Waals surface area contributed by atoms with Crippen LogP contribution in [-0.2, 0) is 16.0 Å². The van der Waals surface area contributed by atoms with Gasteiger partial charge in [-0.15, -0.1) is 0 Å². The van der Waals surface area contributed by atoms with E-state index in [1.807, 2.05) is 6.07 Å². The molecule has 1 N–H and O–H groups in total. The maximum absolute atomic E-state index is 12.1. The third-order valence-electron chi connectivity index (χ3n) is 3.04. The Bertz CT molecular complexity index is 730. The Labute approximate surface area is 128 Å². The van der Waals surface area contributed by atoms with Gasteiger partial charge >= 0.3 is 5.97 Å². The van der Waals surface area contributed by atoms with Gasteiger partial charge in [-0.3, -0.25) is 9.59 Å². The van der Waals surface area contributed by atoms with E-state index < -0.39 is 0 Å². The number of carbonyl (C=O) groups excluding carboxylic acids is 2. The molecule has 0 unspecified atom stereocenters. The van der Waals surface area contributed by atoms with Crippen LogP contribution in [0.4, 0.5) is 5.69 Å². The first-order valence-corrected chi connectivity index (χ1v) is 6.59. The second kappa shape index (κ2) is 7.04. The SMILES string of the molecule is COC(=O)Cc1ccc(NC(=O)c2cccc(C#N)c2)cc1. The number of esters is 1. The van der Waals surface area contributed by atoms with Gasteiger partial charge < -0.3 is 10.1 Å². The zero-order chi connectivity index (χ0) is 15.9. The van der Waals surface area contributed by atoms with Crippen molar-refractivity contribution in [1.82, 2.24) is 0 Å². The molecule has 0 aliphatic carbocycles. The highest BCUT2D eigenvalue weighted by Crippen LogP contribution is 2.13. The maximum atomic E-state index is 12.1. The van der Waals surface area contributed by atoms with Crippen molar-refractivity contribution < 1.29 is 14.3 Å². The quantitative estimate of drug-likeness (QED) is 0.879. The summed E-state index contributed by atoms with van der Waals surface area (Å²) in [7, 11) is 1.34. The molecule has 0 aliphatic heterocycles. The second-order valence-electron chi connectivity index (χ2n) is 4.60. The van der Waals surface area contributed by atoms with Crippen molar-refractivity contribution in [3.8, 4) is 6.07 Å². The summed E-state index contributed by atoms with van der Waals surface area (Å²) in [5, 5.41) is 11.6. The molecule has 2 aromatic carbocycles. The highest BCUT2D eigenvalue weighted by Gasteiger charge is 2.07. The van der Waals surface area contributed by atoms with Crippen LogP contribution in [0.15, 0.2) is 48.5 Å². The summed E-state index contributed by atoms with van der Waals surface area (Å²) in [5.41, 5.74) is 2.26. The largest absolute Gasteiger partial charge is 0.469 e. The number of carbonyl (C=O) groups is 2. The molecule has 110 valence electrons. The average Bonchev–Trinajstić information content (AvgIpc) is 2.56. The maximum Gasteiger partial charge on any atom is 0.309 e. The molecular formula is C17H14N2O3. The number of hydrogen-bond donors (Lipinski definition) is 1. The summed E-state index contributed by atoms with van der Waals surface area (Å²) in [6, 6.07) is 15.4. The third kappa shape index (κ3) is 3.93. The molecule has 0 radical (unpaired) electrons. The molecule has 1 amide bonds. The minimum Gasteiger partial charge on any atom is -0.469 e. The molecule has 22 heavy (non-hydrogen) atoms. The molecule has 5 nitrogen and oxygen atoms in total. The number of ether oxygens (including phenoxy) is 1. The number of nitrogens with zero attached hydrogens (tertiary/aromatic N) is 1. The molecular weight excluding hydrogens is 280 g/mol. The fraction of sp³-hybridized carbons (Fsp3) is 0.118. The van der Waals surface area contributed by atoms with Gasteiger partial charge in [-0.05, 0) is 35.9 Å². The molecule has 0 saturated carbocycles. The van der Waals surface area contributed by atoms with Crippen LogP contribution >= 0.6 is 0 Å². The van der Waals surface area contributed by atoms with Crippen LogP contribution in [-0.4, -0.2) is 19.0 Å². The first-order valence-electron chi connectivity index (χ1n) is 6.59. The van der Waals surface area contributed by atoms with Crippen molar-refractivity contribution in [2.75, 3.05) is 12.4 Å². The van der Waals surface area contributed by atoms with Crippen molar-refractivity contribution in [2.45, 2.75) is 6.42 Å². The average molecular weight is 294 g/mol. The van der Waals surface area contributed by atoms with E-state index in [0.717, 1.165) is 5.56 Å². The van der Waals surface area contributed by atoms with E-state index in [-0.39, 0.29) is 18.3 Å². The molecule has 0 fully saturated rings. The van der Waals surface area contributed by atoms with Crippen LogP contribution < -0.4 is 5.32 Å². The van der Waals surface area contributed by atoms with Gasteiger partial charge in [0.15, 0.2) is 0 Å². The van der Waals surface area contributed by atoms with Crippen molar-refractivity contribution in [3.63, 3.8) is 0 Å². The number of nitriles is 1. The van der Waals surface area contributed by atoms with Gasteiger partial charge in [-0.1, -0.05) is 18.2 Å². The van der Waals surface area contributed by atoms with Gasteiger partial charge in [0, 0.05) is 11.3 Å². The van der Waals surface area contributed by atoms with Gasteiger partial charge in [0.25, 0.3) is 5.91 Å². The number of nitrogens with one attached hydrogen (secondary N) is 1. The van der Waals surface area contributed by atoms with Crippen LogP contribution in [0.2, 0.25) is 0 Å². The number of anilines is 1. The predicted octanol–water partition coefficient (Wildman–Crippen LogP) is 2.53. The van der Waals surface area contributed by atoms with Crippen LogP contribution in [0.3, 0.4) is 0 Å². The van der Waals surface area contributed by atoms with Gasteiger partial charge in [0.1, 0.15) is 0 Å². The molecule has 5 heteroatoms. The van der Waals surface area contributed by atoms with Gasteiger partial charge in [0.2, 0.25) is 0 Å². The molecule has 0 aromatic heterocycles. The monoisotopic (exact) mass is 294 g/mol. The van der Waals surface area contributed by atoms with Crippen LogP contribution in [0, 0.1) is 11.3 Å². The first-order chi connectivity index (χ1) is 10.6. The molecule has 0 saturated heterocycles. The van der Waals surface area contributed by atoms with Gasteiger partial charge in [-0.25, -0.2) is 0 Å². The highest BCUT2D eigenvalue weighted by atomic mass is 16.5. The van der Waals surface area contributed by atoms with E-state index in [2.05, 4.69) is 10.1 Å². The van der Waals surface area contributed by atoms with E-state index in [0.29, 0.717) is 16.8 Å². The first kappa shape index (κ1) is 15.3. The smallest absolute Gasteiger partial charge is 0.309 e. The normalized spacial score (nSPS) is 9.64. The molecule has 0 bridgehead atoms. The summed E-state index contributed by atoms with van der Waals surface area (Å²) >= 11 is 0. The van der Waals surface area contributed by atoms with Gasteiger partial charge in [-0.2, -0.15) is 5.26 Å². The Kier molecular flexibility index (Phi) is 4.89. The number of amides is 1. The van der Waals surface area contributed by atoms with E-state index >= 15 is 0 Å². The summed E-state index contributed by atoms with van der Waals surface area (Å²) in [5.74, 6) is -0.608. The minimum atomic E-state index is -0.315. The Hall–Kier alpha value is -3.13. The molecule has 0 aliphatic rings. The summed E-state index contributed by atoms with van der Waals surface area (Å²) in [6.07, 6.45) is 0.189. The van der Waals surface area contributed by atoms with Crippen molar-refractivity contribution >= 4 is 17.6 Å². The Morgan fingerprint density at radius 2 is 1.91 bits per heavy atom. The van der Waals surface area contributed by atoms with E-state index in [4.69, 9.17) is 5.26 Å². The topological polar surface area (TPSA) is 79.2 Å². The summed E-state index contributed by atoms with van der Waals surface area (Å²) < 4.78 is 4.59. The summed E-state index contributed by atoms with van der Waals surface area (Å²) in [6.45, 7) is 0. The number of methoxy groups -OCH3 is 1. The molecule has 0 heterocycles. The number of benzene rings is 2. The van der Waals surface area contributed by atoms with Crippen LogP contribution in [0.1, 0.15) is 21.5 Å². The van der Waals surface area contributed by atoms with Crippen LogP contribution in [0.25, 0.3) is 0 Å². The van der Waals surface area contributed by atoms with E-state index in [1.54, 1.807) is 42.5 Å². The molecule has 2 rings (SSSR count). The lowest BCUT2D eigenvalue weighted by Crippen LogP contribution is -2.12. The molecule has 2 aromatic rings. The number of rotatable bonds is 4. The Morgan fingerprint density at radius 3 is 2.55 bits per heavy atom. The highest BCUT2D eigenvalue weighted by molar-refractivity contribution is 6.04. The van der Waals surface area contributed by atoms with E-state index in [1.165, 1.54) is 13.2 Å². The fourth-order valence-corrected chi connectivity index (χ4v) is 1.88. The zero-order valence-corrected chi connectivity index (χ0v) is 12.0. The Balaban J connectivity index is 2.05. The lowest BCUT2D eigenvalue weighted by Gasteiger charge is -2.06. The second-order valence-corrected chi connectivity index (χ2v) is 4.60. The van der Waals surface area contributed by atoms with Crippen molar-refractivity contribution in [2.24, 2.45) is 0 Å². The molecule has 0 atom stereocenters. The van der Waals surface area contributed by atoms with Crippen molar-refractivity contribution in [3.05, 3.63) is 65.2 Å². The zero-order valence-electron chi connectivity index (χ0n) is 12.0. The van der Waals surface area contributed by atoms with Crippen LogP contribution in [0.5, 0.6) is 0 Å². The fourth-order valence-electron chi connectivity index (χ4n) is 1.88.